The Morgan fingerprint density at radius 1 is 1.53 bits per heavy atom. The first-order valence-electron chi connectivity index (χ1n) is 5.51. The number of anilines is 1. The summed E-state index contributed by atoms with van der Waals surface area (Å²) in [6.45, 7) is 1.02. The van der Waals surface area contributed by atoms with Crippen LogP contribution in [0, 0.1) is 0 Å². The highest BCUT2D eigenvalue weighted by molar-refractivity contribution is 9.10. The average molecular weight is 303 g/mol. The second kappa shape index (κ2) is 6.83. The summed E-state index contributed by atoms with van der Waals surface area (Å²) in [4.78, 5) is 1.96. The van der Waals surface area contributed by atoms with Crippen LogP contribution in [0.4, 0.5) is 5.69 Å². The number of nitrogens with two attached hydrogens (primary N) is 1. The standard InChI is InChI=1S/C12H19BrN2O2/c1-15(8-10(16)5-6-14)11-7-9(13)3-4-12(11)17-2/h3-4,7,10,16H,5-6,8,14H2,1-2H3. The minimum Gasteiger partial charge on any atom is -0.495 e. The van der Waals surface area contributed by atoms with Gasteiger partial charge in [-0.3, -0.25) is 0 Å². The Balaban J connectivity index is 2.79. The van der Waals surface area contributed by atoms with Gasteiger partial charge in [0.1, 0.15) is 5.75 Å². The van der Waals surface area contributed by atoms with Gasteiger partial charge in [-0.25, -0.2) is 0 Å². The fraction of sp³-hybridized carbons (Fsp3) is 0.500. The van der Waals surface area contributed by atoms with Gasteiger partial charge >= 0.3 is 0 Å². The molecule has 0 amide bonds. The van der Waals surface area contributed by atoms with Gasteiger partial charge in [0, 0.05) is 18.1 Å². The molecule has 0 bridgehead atoms. The number of aliphatic hydroxyl groups excluding tert-OH is 1. The van der Waals surface area contributed by atoms with Crippen molar-refractivity contribution in [1.82, 2.24) is 0 Å². The maximum absolute atomic E-state index is 9.74. The van der Waals surface area contributed by atoms with Crippen molar-refractivity contribution in [2.45, 2.75) is 12.5 Å². The van der Waals surface area contributed by atoms with Gasteiger partial charge < -0.3 is 20.5 Å². The lowest BCUT2D eigenvalue weighted by Crippen LogP contribution is -2.30. The van der Waals surface area contributed by atoms with Crippen molar-refractivity contribution in [3.8, 4) is 5.75 Å². The van der Waals surface area contributed by atoms with Crippen LogP contribution < -0.4 is 15.4 Å². The number of nitrogens with zero attached hydrogens (tertiary/aromatic N) is 1. The Hall–Kier alpha value is -0.780. The van der Waals surface area contributed by atoms with Gasteiger partial charge in [-0.15, -0.1) is 0 Å². The van der Waals surface area contributed by atoms with E-state index < -0.39 is 6.10 Å². The highest BCUT2D eigenvalue weighted by Crippen LogP contribution is 2.30. The van der Waals surface area contributed by atoms with Crippen LogP contribution in [0.15, 0.2) is 22.7 Å². The molecule has 1 atom stereocenters. The third kappa shape index (κ3) is 4.18. The van der Waals surface area contributed by atoms with Crippen LogP contribution in [0.2, 0.25) is 0 Å². The molecule has 17 heavy (non-hydrogen) atoms. The van der Waals surface area contributed by atoms with E-state index in [4.69, 9.17) is 10.5 Å². The number of likely N-dealkylation sites (N-methyl/N-ethyl adjacent to an activating group) is 1. The molecule has 0 spiro atoms. The zero-order valence-electron chi connectivity index (χ0n) is 10.2. The second-order valence-electron chi connectivity index (χ2n) is 3.93. The number of rotatable bonds is 6. The van der Waals surface area contributed by atoms with E-state index in [1.54, 1.807) is 7.11 Å². The number of aliphatic hydroxyl groups is 1. The van der Waals surface area contributed by atoms with Gasteiger partial charge in [0.05, 0.1) is 18.9 Å². The third-order valence-corrected chi connectivity index (χ3v) is 3.03. The van der Waals surface area contributed by atoms with Gasteiger partial charge in [-0.2, -0.15) is 0 Å². The molecule has 0 aliphatic heterocycles. The Morgan fingerprint density at radius 2 is 2.24 bits per heavy atom. The molecule has 1 aromatic carbocycles. The van der Waals surface area contributed by atoms with Crippen LogP contribution in [0.25, 0.3) is 0 Å². The monoisotopic (exact) mass is 302 g/mol. The molecule has 96 valence electrons. The summed E-state index contributed by atoms with van der Waals surface area (Å²) in [5, 5.41) is 9.74. The van der Waals surface area contributed by atoms with Gasteiger partial charge in [0.25, 0.3) is 0 Å². The zero-order valence-corrected chi connectivity index (χ0v) is 11.8. The molecule has 4 nitrogen and oxygen atoms in total. The summed E-state index contributed by atoms with van der Waals surface area (Å²) < 4.78 is 6.27. The molecule has 1 aromatic rings. The highest BCUT2D eigenvalue weighted by Gasteiger charge is 2.12. The Morgan fingerprint density at radius 3 is 2.82 bits per heavy atom. The van der Waals surface area contributed by atoms with Crippen molar-refractivity contribution in [3.63, 3.8) is 0 Å². The van der Waals surface area contributed by atoms with Crippen LogP contribution in [-0.2, 0) is 0 Å². The molecule has 0 fully saturated rings. The molecule has 3 N–H and O–H groups in total. The molecule has 0 aliphatic rings. The Kier molecular flexibility index (Phi) is 5.74. The Bertz CT molecular complexity index is 360. The summed E-state index contributed by atoms with van der Waals surface area (Å²) in [6.07, 6.45) is 0.175. The lowest BCUT2D eigenvalue weighted by Gasteiger charge is -2.24. The Labute approximate surface area is 110 Å². The van der Waals surface area contributed by atoms with E-state index in [2.05, 4.69) is 15.9 Å². The van der Waals surface area contributed by atoms with Crippen molar-refractivity contribution in [1.29, 1.82) is 0 Å². The van der Waals surface area contributed by atoms with Crippen LogP contribution in [-0.4, -0.2) is 38.5 Å². The number of methoxy groups -OCH3 is 1. The zero-order chi connectivity index (χ0) is 12.8. The predicted molar refractivity (Wildman–Crippen MR) is 73.6 cm³/mol. The second-order valence-corrected chi connectivity index (χ2v) is 4.84. The lowest BCUT2D eigenvalue weighted by molar-refractivity contribution is 0.174. The molecule has 0 aromatic heterocycles. The predicted octanol–water partition coefficient (Wildman–Crippen LogP) is 1.60. The SMILES string of the molecule is COc1ccc(Br)cc1N(C)CC(O)CCN. The van der Waals surface area contributed by atoms with Crippen LogP contribution in [0.1, 0.15) is 6.42 Å². The fourth-order valence-electron chi connectivity index (χ4n) is 1.66. The fourth-order valence-corrected chi connectivity index (χ4v) is 2.01. The van der Waals surface area contributed by atoms with Crippen LogP contribution in [0.3, 0.4) is 0 Å². The summed E-state index contributed by atoms with van der Waals surface area (Å²) in [5.41, 5.74) is 6.36. The van der Waals surface area contributed by atoms with E-state index in [9.17, 15) is 5.11 Å². The normalized spacial score (nSPS) is 12.3. The summed E-state index contributed by atoms with van der Waals surface area (Å²) in [6, 6.07) is 5.78. The summed E-state index contributed by atoms with van der Waals surface area (Å²) in [5.74, 6) is 0.788. The first-order valence-corrected chi connectivity index (χ1v) is 6.30. The minimum absolute atomic E-state index is 0.423. The number of hydrogen-bond donors (Lipinski definition) is 2. The van der Waals surface area contributed by atoms with E-state index in [-0.39, 0.29) is 0 Å². The first kappa shape index (κ1) is 14.3. The van der Waals surface area contributed by atoms with Crippen molar-refractivity contribution in [3.05, 3.63) is 22.7 Å². The highest BCUT2D eigenvalue weighted by atomic mass is 79.9. The van der Waals surface area contributed by atoms with E-state index >= 15 is 0 Å². The molecule has 5 heteroatoms. The number of hydrogen-bond acceptors (Lipinski definition) is 4. The van der Waals surface area contributed by atoms with Gasteiger partial charge in [0.2, 0.25) is 0 Å². The molecule has 0 saturated carbocycles. The first-order chi connectivity index (χ1) is 8.08. The van der Waals surface area contributed by atoms with E-state index in [1.807, 2.05) is 30.1 Å². The molecule has 1 rings (SSSR count). The van der Waals surface area contributed by atoms with Crippen LogP contribution in [0.5, 0.6) is 5.75 Å². The topological polar surface area (TPSA) is 58.7 Å². The molecular formula is C12H19BrN2O2. The van der Waals surface area contributed by atoms with E-state index in [1.165, 1.54) is 0 Å². The summed E-state index contributed by atoms with van der Waals surface area (Å²) in [7, 11) is 3.56. The van der Waals surface area contributed by atoms with Crippen molar-refractivity contribution < 1.29 is 9.84 Å². The number of ether oxygens (including phenoxy) is 1. The molecule has 0 heterocycles. The quantitative estimate of drug-likeness (QED) is 0.838. The molecule has 1 unspecified atom stereocenters. The molecule has 0 aliphatic carbocycles. The van der Waals surface area contributed by atoms with Gasteiger partial charge in [0.15, 0.2) is 0 Å². The lowest BCUT2D eigenvalue weighted by atomic mass is 10.2. The molecular weight excluding hydrogens is 284 g/mol. The maximum atomic E-state index is 9.74. The van der Waals surface area contributed by atoms with Crippen molar-refractivity contribution in [2.75, 3.05) is 32.1 Å². The summed E-state index contributed by atoms with van der Waals surface area (Å²) >= 11 is 3.43. The number of halogens is 1. The maximum Gasteiger partial charge on any atom is 0.142 e. The van der Waals surface area contributed by atoms with Gasteiger partial charge in [-0.1, -0.05) is 15.9 Å². The van der Waals surface area contributed by atoms with Crippen molar-refractivity contribution >= 4 is 21.6 Å². The van der Waals surface area contributed by atoms with E-state index in [0.29, 0.717) is 19.5 Å². The minimum atomic E-state index is -0.423. The molecule has 0 radical (unpaired) electrons. The van der Waals surface area contributed by atoms with Crippen molar-refractivity contribution in [2.24, 2.45) is 5.73 Å². The number of benzene rings is 1. The van der Waals surface area contributed by atoms with Gasteiger partial charge in [-0.05, 0) is 31.2 Å². The molecule has 0 saturated heterocycles. The smallest absolute Gasteiger partial charge is 0.142 e. The third-order valence-electron chi connectivity index (χ3n) is 2.54. The van der Waals surface area contributed by atoms with E-state index in [0.717, 1.165) is 15.9 Å². The van der Waals surface area contributed by atoms with Crippen LogP contribution >= 0.6 is 15.9 Å². The largest absolute Gasteiger partial charge is 0.495 e. The average Bonchev–Trinajstić information content (AvgIpc) is 2.29.